The average molecular weight is 621 g/mol. The first kappa shape index (κ1) is 27.5. The fraction of sp³-hybridized carbons (Fsp3) is 0.0213. The second-order valence-corrected chi connectivity index (χ2v) is 13.0. The Morgan fingerprint density at radius 3 is 1.88 bits per heavy atom. The number of benzene rings is 7. The monoisotopic (exact) mass is 620 g/mol. The number of hydrogen-bond donors (Lipinski definition) is 0. The van der Waals surface area contributed by atoms with Gasteiger partial charge in [0, 0.05) is 6.20 Å². The number of hydrogen-bond acceptors (Lipinski definition) is 1. The van der Waals surface area contributed by atoms with Gasteiger partial charge >= 0.3 is 0 Å². The van der Waals surface area contributed by atoms with Crippen molar-refractivity contribution < 1.29 is 0 Å². The van der Waals surface area contributed by atoms with Gasteiger partial charge in [0.25, 0.3) is 0 Å². The van der Waals surface area contributed by atoms with E-state index in [4.69, 9.17) is 6.57 Å². The Morgan fingerprint density at radius 2 is 1.10 bits per heavy atom. The predicted octanol–water partition coefficient (Wildman–Crippen LogP) is 12.1. The van der Waals surface area contributed by atoms with E-state index < -0.39 is 5.41 Å². The van der Waals surface area contributed by atoms with E-state index in [0.717, 1.165) is 16.8 Å². The summed E-state index contributed by atoms with van der Waals surface area (Å²) in [4.78, 5) is 8.29. The molecule has 2 heteroatoms. The molecule has 49 heavy (non-hydrogen) atoms. The fourth-order valence-corrected chi connectivity index (χ4v) is 8.54. The first-order valence-electron chi connectivity index (χ1n) is 16.7. The van der Waals surface area contributed by atoms with Gasteiger partial charge in [0.05, 0.1) is 17.7 Å². The van der Waals surface area contributed by atoms with Crippen molar-refractivity contribution in [3.05, 3.63) is 204 Å². The summed E-state index contributed by atoms with van der Waals surface area (Å²) in [5.41, 5.74) is 17.2. The summed E-state index contributed by atoms with van der Waals surface area (Å²) in [5, 5.41) is 2.47. The van der Waals surface area contributed by atoms with Crippen molar-refractivity contribution in [1.82, 2.24) is 4.98 Å². The summed E-state index contributed by atoms with van der Waals surface area (Å²) in [7, 11) is 0. The third-order valence-electron chi connectivity index (χ3n) is 10.5. The molecule has 1 spiro atoms. The van der Waals surface area contributed by atoms with Crippen LogP contribution in [-0.2, 0) is 5.41 Å². The maximum absolute atomic E-state index is 7.54. The predicted molar refractivity (Wildman–Crippen MR) is 201 cm³/mol. The molecule has 0 aliphatic heterocycles. The molecule has 7 aromatic carbocycles. The molecule has 0 bridgehead atoms. The average Bonchev–Trinajstić information content (AvgIpc) is 3.65. The van der Waals surface area contributed by atoms with E-state index in [2.05, 4.69) is 161 Å². The van der Waals surface area contributed by atoms with Crippen LogP contribution in [0.25, 0.3) is 71.4 Å². The van der Waals surface area contributed by atoms with Crippen LogP contribution < -0.4 is 0 Å². The van der Waals surface area contributed by atoms with Gasteiger partial charge in [-0.3, -0.25) is 4.98 Å². The molecule has 0 atom stereocenters. The SMILES string of the molecule is [C-]#[N+]c1ccnc(-c2cccc(-c3cc4c(c5ccccc35)-c3ccc(-c5ccccc5)cc3C43c4ccccc4-c4ccccc43)c2)c1. The molecule has 0 unspecified atom stereocenters. The molecular weight excluding hydrogens is 593 g/mol. The zero-order valence-electron chi connectivity index (χ0n) is 26.6. The molecule has 0 radical (unpaired) electrons. The molecule has 10 rings (SSSR count). The van der Waals surface area contributed by atoms with E-state index in [9.17, 15) is 0 Å². The van der Waals surface area contributed by atoms with E-state index in [0.29, 0.717) is 5.69 Å². The van der Waals surface area contributed by atoms with E-state index in [1.165, 1.54) is 72.0 Å². The van der Waals surface area contributed by atoms with Crippen LogP contribution in [0.1, 0.15) is 22.3 Å². The largest absolute Gasteiger partial charge is 0.259 e. The number of nitrogens with zero attached hydrogens (tertiary/aromatic N) is 2. The molecular formula is C47H28N2. The highest BCUT2D eigenvalue weighted by molar-refractivity contribution is 6.11. The minimum absolute atomic E-state index is 0.482. The van der Waals surface area contributed by atoms with Gasteiger partial charge in [-0.25, -0.2) is 4.85 Å². The van der Waals surface area contributed by atoms with E-state index in [-0.39, 0.29) is 0 Å². The molecule has 8 aromatic rings. The van der Waals surface area contributed by atoms with E-state index in [1.54, 1.807) is 12.3 Å². The van der Waals surface area contributed by atoms with Crippen molar-refractivity contribution in [2.45, 2.75) is 5.41 Å². The third-order valence-corrected chi connectivity index (χ3v) is 10.5. The lowest BCUT2D eigenvalue weighted by molar-refractivity contribution is 0.795. The normalized spacial score (nSPS) is 13.0. The van der Waals surface area contributed by atoms with Crippen molar-refractivity contribution in [2.24, 2.45) is 0 Å². The zero-order chi connectivity index (χ0) is 32.5. The van der Waals surface area contributed by atoms with Gasteiger partial charge in [-0.05, 0) is 113 Å². The summed E-state index contributed by atoms with van der Waals surface area (Å²) < 4.78 is 0. The lowest BCUT2D eigenvalue weighted by atomic mass is 9.69. The summed E-state index contributed by atoms with van der Waals surface area (Å²) in [6, 6.07) is 59.4. The Labute approximate surface area is 285 Å². The summed E-state index contributed by atoms with van der Waals surface area (Å²) in [6.45, 7) is 7.54. The van der Waals surface area contributed by atoms with Crippen LogP contribution in [0, 0.1) is 6.57 Å². The standard InChI is InChI=1S/C47H28N2/c1-48-34-24-25-49-45(28-34)33-15-11-14-32(26-33)40-29-44-46(38-19-6-5-16-35(38)40)39-23-22-31(30-12-3-2-4-13-30)27-43(39)47(44)41-20-9-7-17-36(41)37-18-8-10-21-42(37)47/h2-29H. The van der Waals surface area contributed by atoms with Crippen molar-refractivity contribution in [3.8, 4) is 55.8 Å². The molecule has 1 heterocycles. The topological polar surface area (TPSA) is 17.2 Å². The van der Waals surface area contributed by atoms with Crippen molar-refractivity contribution in [2.75, 3.05) is 0 Å². The summed E-state index contributed by atoms with van der Waals surface area (Å²) in [6.07, 6.45) is 1.72. The van der Waals surface area contributed by atoms with Crippen LogP contribution in [-0.4, -0.2) is 4.98 Å². The van der Waals surface area contributed by atoms with Gasteiger partial charge in [0.15, 0.2) is 5.69 Å². The lowest BCUT2D eigenvalue weighted by Gasteiger charge is -2.31. The highest BCUT2D eigenvalue weighted by Crippen LogP contribution is 2.64. The van der Waals surface area contributed by atoms with Gasteiger partial charge < -0.3 is 0 Å². The van der Waals surface area contributed by atoms with Crippen LogP contribution in [0.4, 0.5) is 5.69 Å². The Balaban J connectivity index is 1.32. The molecule has 0 fully saturated rings. The third kappa shape index (κ3) is 3.85. The van der Waals surface area contributed by atoms with Gasteiger partial charge in [-0.2, -0.15) is 0 Å². The maximum atomic E-state index is 7.54. The zero-order valence-corrected chi connectivity index (χ0v) is 26.6. The molecule has 2 aliphatic rings. The van der Waals surface area contributed by atoms with Crippen LogP contribution in [0.15, 0.2) is 170 Å². The second kappa shape index (κ2) is 10.5. The molecule has 0 N–H and O–H groups in total. The van der Waals surface area contributed by atoms with Crippen molar-refractivity contribution in [1.29, 1.82) is 0 Å². The van der Waals surface area contributed by atoms with Crippen LogP contribution in [0.2, 0.25) is 0 Å². The highest BCUT2D eigenvalue weighted by Gasteiger charge is 2.52. The first-order valence-corrected chi connectivity index (χ1v) is 16.7. The Morgan fingerprint density at radius 1 is 0.429 bits per heavy atom. The minimum Gasteiger partial charge on any atom is -0.259 e. The molecule has 2 nitrogen and oxygen atoms in total. The summed E-state index contributed by atoms with van der Waals surface area (Å²) in [5.74, 6) is 0. The lowest BCUT2D eigenvalue weighted by Crippen LogP contribution is -2.26. The maximum Gasteiger partial charge on any atom is 0.190 e. The Bertz CT molecular complexity index is 2630. The van der Waals surface area contributed by atoms with Crippen molar-refractivity contribution >= 4 is 16.5 Å². The molecule has 0 saturated heterocycles. The highest BCUT2D eigenvalue weighted by atomic mass is 14.7. The quantitative estimate of drug-likeness (QED) is 0.180. The Kier molecular flexibility index (Phi) is 5.89. The first-order chi connectivity index (χ1) is 24.3. The minimum atomic E-state index is -0.482. The number of pyridine rings is 1. The molecule has 0 amide bonds. The van der Waals surface area contributed by atoms with E-state index >= 15 is 0 Å². The number of rotatable bonds is 3. The van der Waals surface area contributed by atoms with Crippen LogP contribution in [0.5, 0.6) is 0 Å². The van der Waals surface area contributed by atoms with Crippen molar-refractivity contribution in [3.63, 3.8) is 0 Å². The van der Waals surface area contributed by atoms with Gasteiger partial charge in [-0.15, -0.1) is 0 Å². The fourth-order valence-electron chi connectivity index (χ4n) is 8.54. The molecule has 1 aromatic heterocycles. The Hall–Kier alpha value is -6.56. The van der Waals surface area contributed by atoms with E-state index in [1.807, 2.05) is 6.07 Å². The number of aromatic nitrogens is 1. The smallest absolute Gasteiger partial charge is 0.190 e. The molecule has 0 saturated carbocycles. The molecule has 2 aliphatic carbocycles. The second-order valence-electron chi connectivity index (χ2n) is 13.0. The van der Waals surface area contributed by atoms with Gasteiger partial charge in [0.2, 0.25) is 0 Å². The van der Waals surface area contributed by atoms with Gasteiger partial charge in [-0.1, -0.05) is 133 Å². The van der Waals surface area contributed by atoms with Crippen LogP contribution >= 0.6 is 0 Å². The molecule has 226 valence electrons. The summed E-state index contributed by atoms with van der Waals surface area (Å²) >= 11 is 0. The van der Waals surface area contributed by atoms with Crippen LogP contribution in [0.3, 0.4) is 0 Å². The number of fused-ring (bicyclic) bond motifs is 12. The van der Waals surface area contributed by atoms with Gasteiger partial charge in [0.1, 0.15) is 0 Å².